The smallest absolute Gasteiger partial charge is 0.186 e. The fraction of sp³-hybridized carbons (Fsp3) is 0.286. The number of aromatic nitrogens is 4. The molecule has 0 spiro atoms. The molecule has 0 saturated heterocycles. The van der Waals surface area contributed by atoms with E-state index in [1.54, 1.807) is 0 Å². The first-order chi connectivity index (χ1) is 6.33. The van der Waals surface area contributed by atoms with Crippen molar-refractivity contribution < 1.29 is 4.84 Å². The van der Waals surface area contributed by atoms with Crippen LogP contribution in [0.5, 0.6) is 0 Å². The van der Waals surface area contributed by atoms with Crippen molar-refractivity contribution in [3.05, 3.63) is 12.7 Å². The van der Waals surface area contributed by atoms with E-state index >= 15 is 0 Å². The van der Waals surface area contributed by atoms with Crippen LogP contribution < -0.4 is 10.6 Å². The van der Waals surface area contributed by atoms with Gasteiger partial charge in [0, 0.05) is 0 Å². The molecule has 0 aliphatic carbocycles. The number of fused-ring (bicyclic) bond motifs is 1. The highest BCUT2D eigenvalue weighted by Gasteiger charge is 2.07. The van der Waals surface area contributed by atoms with Crippen molar-refractivity contribution in [3.63, 3.8) is 0 Å². The van der Waals surface area contributed by atoms with Crippen molar-refractivity contribution in [1.82, 2.24) is 19.7 Å². The van der Waals surface area contributed by atoms with Crippen molar-refractivity contribution >= 4 is 17.0 Å². The highest BCUT2D eigenvalue weighted by molar-refractivity contribution is 5.80. The molecule has 0 bridgehead atoms. The molecule has 6 nitrogen and oxygen atoms in total. The normalized spacial score (nSPS) is 10.5. The number of hydrogen-bond donors (Lipinski definition) is 1. The summed E-state index contributed by atoms with van der Waals surface area (Å²) in [4.78, 5) is 17.0. The summed E-state index contributed by atoms with van der Waals surface area (Å²) in [6.45, 7) is 2.42. The summed E-state index contributed by atoms with van der Waals surface area (Å²) in [5, 5.41) is 0. The van der Waals surface area contributed by atoms with Crippen molar-refractivity contribution in [2.45, 2.75) is 6.92 Å². The van der Waals surface area contributed by atoms with Crippen molar-refractivity contribution in [2.24, 2.45) is 0 Å². The van der Waals surface area contributed by atoms with Gasteiger partial charge in [-0.25, -0.2) is 15.0 Å². The van der Waals surface area contributed by atoms with Crippen LogP contribution in [0.1, 0.15) is 6.92 Å². The van der Waals surface area contributed by atoms with E-state index in [1.807, 2.05) is 6.92 Å². The Morgan fingerprint density at radius 3 is 3.08 bits per heavy atom. The zero-order valence-electron chi connectivity index (χ0n) is 7.14. The monoisotopic (exact) mass is 179 g/mol. The number of imidazole rings is 1. The molecule has 0 radical (unpaired) electrons. The second kappa shape index (κ2) is 2.89. The molecule has 2 aromatic rings. The van der Waals surface area contributed by atoms with Gasteiger partial charge in [0.25, 0.3) is 0 Å². The van der Waals surface area contributed by atoms with E-state index in [4.69, 9.17) is 10.6 Å². The Hall–Kier alpha value is -1.85. The number of anilines is 1. The summed E-state index contributed by atoms with van der Waals surface area (Å²) in [5.74, 6) is 0.371. The minimum Gasteiger partial charge on any atom is -0.412 e. The Kier molecular flexibility index (Phi) is 1.73. The van der Waals surface area contributed by atoms with Crippen LogP contribution in [-0.2, 0) is 0 Å². The molecule has 6 heteroatoms. The van der Waals surface area contributed by atoms with Gasteiger partial charge in [-0.2, -0.15) is 4.73 Å². The zero-order valence-corrected chi connectivity index (χ0v) is 7.14. The Balaban J connectivity index is 2.64. The number of nitrogens with zero attached hydrogens (tertiary/aromatic N) is 4. The van der Waals surface area contributed by atoms with E-state index in [-0.39, 0.29) is 0 Å². The van der Waals surface area contributed by atoms with Gasteiger partial charge < -0.3 is 10.6 Å². The van der Waals surface area contributed by atoms with Crippen LogP contribution in [0.3, 0.4) is 0 Å². The van der Waals surface area contributed by atoms with E-state index in [0.29, 0.717) is 23.6 Å². The van der Waals surface area contributed by atoms with Crippen LogP contribution in [0.2, 0.25) is 0 Å². The highest BCUT2D eigenvalue weighted by atomic mass is 16.7. The molecule has 0 aliphatic rings. The number of rotatable bonds is 2. The average Bonchev–Trinajstić information content (AvgIpc) is 2.51. The molecule has 0 unspecified atom stereocenters. The third-order valence-corrected chi connectivity index (χ3v) is 1.60. The topological polar surface area (TPSA) is 78.8 Å². The number of nitrogens with two attached hydrogens (primary N) is 1. The molecule has 0 amide bonds. The Morgan fingerprint density at radius 2 is 2.31 bits per heavy atom. The van der Waals surface area contributed by atoms with E-state index in [1.165, 1.54) is 17.4 Å². The lowest BCUT2D eigenvalue weighted by Gasteiger charge is -2.03. The summed E-state index contributed by atoms with van der Waals surface area (Å²) < 4.78 is 1.48. The van der Waals surface area contributed by atoms with Gasteiger partial charge in [0.2, 0.25) is 0 Å². The molecule has 2 aromatic heterocycles. The van der Waals surface area contributed by atoms with Crippen LogP contribution in [-0.4, -0.2) is 26.3 Å². The van der Waals surface area contributed by atoms with Crippen LogP contribution >= 0.6 is 0 Å². The first-order valence-corrected chi connectivity index (χ1v) is 3.89. The van der Waals surface area contributed by atoms with Gasteiger partial charge in [0.05, 0.1) is 0 Å². The standard InChI is InChI=1S/C7H9N5O/c1-2-13-12-4-11-7-5(12)6(8)9-3-10-7/h3-4H,2H2,1H3,(H2,8,9,10). The Bertz CT molecular complexity index is 424. The molecule has 0 aromatic carbocycles. The molecule has 0 atom stereocenters. The highest BCUT2D eigenvalue weighted by Crippen LogP contribution is 2.13. The van der Waals surface area contributed by atoms with E-state index < -0.39 is 0 Å². The van der Waals surface area contributed by atoms with Gasteiger partial charge in [0.1, 0.15) is 19.3 Å². The molecule has 0 aliphatic heterocycles. The average molecular weight is 179 g/mol. The second-order valence-corrected chi connectivity index (χ2v) is 2.42. The van der Waals surface area contributed by atoms with Gasteiger partial charge in [-0.05, 0) is 6.92 Å². The summed E-state index contributed by atoms with van der Waals surface area (Å²) >= 11 is 0. The van der Waals surface area contributed by atoms with E-state index in [2.05, 4.69) is 15.0 Å². The van der Waals surface area contributed by atoms with E-state index in [0.717, 1.165) is 0 Å². The quantitative estimate of drug-likeness (QED) is 0.694. The molecule has 13 heavy (non-hydrogen) atoms. The lowest BCUT2D eigenvalue weighted by molar-refractivity contribution is 0.131. The second-order valence-electron chi connectivity index (χ2n) is 2.42. The van der Waals surface area contributed by atoms with Crippen molar-refractivity contribution in [3.8, 4) is 0 Å². The Morgan fingerprint density at radius 1 is 1.46 bits per heavy atom. The molecule has 2 N–H and O–H groups in total. The third kappa shape index (κ3) is 1.16. The lowest BCUT2D eigenvalue weighted by Crippen LogP contribution is -2.10. The maximum absolute atomic E-state index is 5.64. The molecule has 0 fully saturated rings. The van der Waals surface area contributed by atoms with Gasteiger partial charge >= 0.3 is 0 Å². The van der Waals surface area contributed by atoms with Crippen LogP contribution in [0.25, 0.3) is 11.2 Å². The van der Waals surface area contributed by atoms with Gasteiger partial charge in [-0.3, -0.25) is 0 Å². The summed E-state index contributed by atoms with van der Waals surface area (Å²) in [6, 6.07) is 0. The third-order valence-electron chi connectivity index (χ3n) is 1.60. The fourth-order valence-electron chi connectivity index (χ4n) is 1.09. The first-order valence-electron chi connectivity index (χ1n) is 3.89. The minimum atomic E-state index is 0.371. The maximum atomic E-state index is 5.64. The van der Waals surface area contributed by atoms with Crippen LogP contribution in [0.15, 0.2) is 12.7 Å². The maximum Gasteiger partial charge on any atom is 0.186 e. The first kappa shape index (κ1) is 7.78. The van der Waals surface area contributed by atoms with Gasteiger partial charge in [-0.15, -0.1) is 0 Å². The molecule has 2 heterocycles. The molecular formula is C7H9N5O. The Labute approximate surface area is 74.3 Å². The van der Waals surface area contributed by atoms with Crippen molar-refractivity contribution in [2.75, 3.05) is 12.3 Å². The van der Waals surface area contributed by atoms with Crippen LogP contribution in [0.4, 0.5) is 5.82 Å². The fourth-order valence-corrected chi connectivity index (χ4v) is 1.09. The molecule has 68 valence electrons. The van der Waals surface area contributed by atoms with Gasteiger partial charge in [0.15, 0.2) is 17.0 Å². The number of hydrogen-bond acceptors (Lipinski definition) is 5. The summed E-state index contributed by atoms with van der Waals surface area (Å²) in [5.41, 5.74) is 6.80. The molecule has 2 rings (SSSR count). The molecular weight excluding hydrogens is 170 g/mol. The SMILES string of the molecule is CCOn1cnc2ncnc(N)c21. The van der Waals surface area contributed by atoms with Crippen LogP contribution in [0, 0.1) is 0 Å². The molecule has 0 saturated carbocycles. The number of nitrogen functional groups attached to an aromatic ring is 1. The predicted molar refractivity (Wildman–Crippen MR) is 46.9 cm³/mol. The zero-order chi connectivity index (χ0) is 9.26. The predicted octanol–water partition coefficient (Wildman–Crippen LogP) is -0.143. The minimum absolute atomic E-state index is 0.371. The summed E-state index contributed by atoms with van der Waals surface area (Å²) in [7, 11) is 0. The van der Waals surface area contributed by atoms with Gasteiger partial charge in [-0.1, -0.05) is 0 Å². The lowest BCUT2D eigenvalue weighted by atomic mass is 10.5. The summed E-state index contributed by atoms with van der Waals surface area (Å²) in [6.07, 6.45) is 2.90. The van der Waals surface area contributed by atoms with Crippen molar-refractivity contribution in [1.29, 1.82) is 0 Å². The largest absolute Gasteiger partial charge is 0.412 e. The van der Waals surface area contributed by atoms with E-state index in [9.17, 15) is 0 Å².